The van der Waals surface area contributed by atoms with E-state index in [9.17, 15) is 4.79 Å². The molecule has 1 aliphatic heterocycles. The first kappa shape index (κ1) is 12.3. The van der Waals surface area contributed by atoms with Gasteiger partial charge in [-0.3, -0.25) is 0 Å². The number of carbonyl (C=O) groups excluding carboxylic acids is 1. The highest BCUT2D eigenvalue weighted by atomic mass is 35.5. The van der Waals surface area contributed by atoms with Crippen LogP contribution in [0.3, 0.4) is 0 Å². The van der Waals surface area contributed by atoms with Gasteiger partial charge in [-0.15, -0.1) is 0 Å². The van der Waals surface area contributed by atoms with E-state index in [1.165, 1.54) is 0 Å². The Hall–Kier alpha value is -1.19. The second-order valence-electron chi connectivity index (χ2n) is 3.50. The molecule has 1 N–H and O–H groups in total. The van der Waals surface area contributed by atoms with Crippen LogP contribution in [0.2, 0.25) is 0 Å². The van der Waals surface area contributed by atoms with Gasteiger partial charge in [0.15, 0.2) is 0 Å². The van der Waals surface area contributed by atoms with E-state index < -0.39 is 11.5 Å². The molecule has 0 aromatic heterocycles. The molecule has 5 heteroatoms. The molecule has 1 aromatic carbocycles. The highest BCUT2D eigenvalue weighted by Gasteiger charge is 2.29. The van der Waals surface area contributed by atoms with Crippen LogP contribution in [-0.2, 0) is 9.53 Å². The van der Waals surface area contributed by atoms with Crippen LogP contribution in [-0.4, -0.2) is 18.1 Å². The van der Waals surface area contributed by atoms with Gasteiger partial charge in [0.2, 0.25) is 0 Å². The number of hydrogen-bond donors (Lipinski definition) is 1. The van der Waals surface area contributed by atoms with Crippen LogP contribution < -0.4 is 5.32 Å². The summed E-state index contributed by atoms with van der Waals surface area (Å²) in [6, 6.07) is 7.40. The highest BCUT2D eigenvalue weighted by Crippen LogP contribution is 2.37. The van der Waals surface area contributed by atoms with Crippen molar-refractivity contribution in [3.8, 4) is 0 Å². The Bertz CT molecular complexity index is 485. The summed E-state index contributed by atoms with van der Waals surface area (Å²) in [4.78, 5) is 11.7. The molecule has 0 spiro atoms. The SMILES string of the molecule is CCOC(=O)C1=C(Cl)c2ccccc2N[C@H]1Cl. The molecule has 1 heterocycles. The van der Waals surface area contributed by atoms with Gasteiger partial charge in [0.25, 0.3) is 0 Å². The summed E-state index contributed by atoms with van der Waals surface area (Å²) in [5.74, 6) is -0.487. The van der Waals surface area contributed by atoms with E-state index in [0.717, 1.165) is 11.3 Å². The van der Waals surface area contributed by atoms with Gasteiger partial charge in [-0.2, -0.15) is 0 Å². The molecule has 1 atom stereocenters. The van der Waals surface area contributed by atoms with Crippen molar-refractivity contribution < 1.29 is 9.53 Å². The Kier molecular flexibility index (Phi) is 3.60. The number of alkyl halides is 1. The topological polar surface area (TPSA) is 38.3 Å². The average molecular weight is 272 g/mol. The molecule has 0 fully saturated rings. The average Bonchev–Trinajstić information content (AvgIpc) is 2.29. The van der Waals surface area contributed by atoms with Crippen LogP contribution in [0.25, 0.3) is 5.03 Å². The molecule has 0 bridgehead atoms. The van der Waals surface area contributed by atoms with E-state index in [2.05, 4.69) is 5.32 Å². The standard InChI is InChI=1S/C12H11Cl2NO2/c1-2-17-12(16)9-10(13)7-5-3-4-6-8(7)15-11(9)14/h3-6,11,15H,2H2,1H3/t11-/m1/s1. The second-order valence-corrected chi connectivity index (χ2v) is 4.32. The van der Waals surface area contributed by atoms with Gasteiger partial charge >= 0.3 is 5.97 Å². The number of hydrogen-bond acceptors (Lipinski definition) is 3. The zero-order chi connectivity index (χ0) is 12.4. The number of esters is 1. The van der Waals surface area contributed by atoms with E-state index in [-0.39, 0.29) is 12.2 Å². The largest absolute Gasteiger partial charge is 0.462 e. The number of carbonyl (C=O) groups is 1. The van der Waals surface area contributed by atoms with Crippen molar-refractivity contribution in [2.24, 2.45) is 0 Å². The van der Waals surface area contributed by atoms with Crippen LogP contribution in [0.4, 0.5) is 5.69 Å². The Labute approximate surface area is 109 Å². The molecule has 0 radical (unpaired) electrons. The lowest BCUT2D eigenvalue weighted by Crippen LogP contribution is -2.27. The maximum absolute atomic E-state index is 11.7. The minimum Gasteiger partial charge on any atom is -0.462 e. The third-order valence-corrected chi connectivity index (χ3v) is 3.17. The zero-order valence-electron chi connectivity index (χ0n) is 9.17. The molecule has 3 nitrogen and oxygen atoms in total. The first-order valence-corrected chi connectivity index (χ1v) is 6.03. The molecule has 0 amide bonds. The fourth-order valence-corrected chi connectivity index (χ4v) is 2.39. The zero-order valence-corrected chi connectivity index (χ0v) is 10.7. The Morgan fingerprint density at radius 3 is 2.88 bits per heavy atom. The van der Waals surface area contributed by atoms with Crippen molar-refractivity contribution in [1.29, 1.82) is 0 Å². The molecule has 0 saturated heterocycles. The number of halogens is 2. The van der Waals surface area contributed by atoms with Gasteiger partial charge in [0.05, 0.1) is 17.2 Å². The summed E-state index contributed by atoms with van der Waals surface area (Å²) < 4.78 is 4.93. The number of fused-ring (bicyclic) bond motifs is 1. The Morgan fingerprint density at radius 2 is 2.18 bits per heavy atom. The third-order valence-electron chi connectivity index (χ3n) is 2.43. The molecule has 0 saturated carbocycles. The number of rotatable bonds is 2. The number of para-hydroxylation sites is 1. The molecule has 90 valence electrons. The van der Waals surface area contributed by atoms with E-state index in [1.807, 2.05) is 24.3 Å². The van der Waals surface area contributed by atoms with Crippen molar-refractivity contribution >= 4 is 39.9 Å². The fourth-order valence-electron chi connectivity index (χ4n) is 1.67. The summed E-state index contributed by atoms with van der Waals surface area (Å²) in [5, 5.41) is 3.35. The van der Waals surface area contributed by atoms with Crippen LogP contribution in [0.15, 0.2) is 29.8 Å². The summed E-state index contributed by atoms with van der Waals surface area (Å²) in [5.41, 5.74) is 1.16. The number of benzene rings is 1. The van der Waals surface area contributed by atoms with Crippen LogP contribution in [0.1, 0.15) is 12.5 Å². The molecular weight excluding hydrogens is 261 g/mol. The van der Waals surface area contributed by atoms with Crippen molar-refractivity contribution in [3.63, 3.8) is 0 Å². The van der Waals surface area contributed by atoms with E-state index in [0.29, 0.717) is 5.03 Å². The van der Waals surface area contributed by atoms with Crippen LogP contribution in [0.5, 0.6) is 0 Å². The van der Waals surface area contributed by atoms with Crippen molar-refractivity contribution in [3.05, 3.63) is 35.4 Å². The smallest absolute Gasteiger partial charge is 0.338 e. The first-order valence-electron chi connectivity index (χ1n) is 5.22. The van der Waals surface area contributed by atoms with Crippen LogP contribution >= 0.6 is 23.2 Å². The van der Waals surface area contributed by atoms with Gasteiger partial charge in [-0.05, 0) is 13.0 Å². The lowest BCUT2D eigenvalue weighted by molar-refractivity contribution is -0.138. The number of anilines is 1. The summed E-state index contributed by atoms with van der Waals surface area (Å²) in [6.45, 7) is 2.03. The second kappa shape index (κ2) is 4.98. The fraction of sp³-hybridized carbons (Fsp3) is 0.250. The van der Waals surface area contributed by atoms with Crippen LogP contribution in [0, 0.1) is 0 Å². The number of nitrogens with one attached hydrogen (secondary N) is 1. The normalized spacial score (nSPS) is 18.4. The number of ether oxygens (including phenoxy) is 1. The maximum atomic E-state index is 11.7. The predicted molar refractivity (Wildman–Crippen MR) is 69.1 cm³/mol. The van der Waals surface area contributed by atoms with Gasteiger partial charge < -0.3 is 10.1 Å². The van der Waals surface area contributed by atoms with E-state index in [4.69, 9.17) is 27.9 Å². The molecule has 1 aliphatic rings. The molecule has 17 heavy (non-hydrogen) atoms. The van der Waals surface area contributed by atoms with Crippen molar-refractivity contribution in [2.45, 2.75) is 12.4 Å². The highest BCUT2D eigenvalue weighted by molar-refractivity contribution is 6.53. The van der Waals surface area contributed by atoms with Gasteiger partial charge in [0, 0.05) is 11.3 Å². The van der Waals surface area contributed by atoms with E-state index >= 15 is 0 Å². The van der Waals surface area contributed by atoms with E-state index in [1.54, 1.807) is 6.92 Å². The molecular formula is C12H11Cl2NO2. The molecule has 1 aromatic rings. The monoisotopic (exact) mass is 271 g/mol. The molecule has 0 aliphatic carbocycles. The Balaban J connectivity index is 2.47. The predicted octanol–water partition coefficient (Wildman–Crippen LogP) is 3.19. The quantitative estimate of drug-likeness (QED) is 0.510. The minimum absolute atomic E-state index is 0.258. The summed E-state index contributed by atoms with van der Waals surface area (Å²) in [6.07, 6.45) is 0. The van der Waals surface area contributed by atoms with Crippen molar-refractivity contribution in [2.75, 3.05) is 11.9 Å². The van der Waals surface area contributed by atoms with Gasteiger partial charge in [0.1, 0.15) is 5.50 Å². The molecule has 2 rings (SSSR count). The van der Waals surface area contributed by atoms with Gasteiger partial charge in [-0.25, -0.2) is 4.79 Å². The van der Waals surface area contributed by atoms with Gasteiger partial charge in [-0.1, -0.05) is 41.4 Å². The Morgan fingerprint density at radius 1 is 1.47 bits per heavy atom. The lowest BCUT2D eigenvalue weighted by Gasteiger charge is -2.24. The molecule has 0 unspecified atom stereocenters. The summed E-state index contributed by atoms with van der Waals surface area (Å²) in [7, 11) is 0. The lowest BCUT2D eigenvalue weighted by atomic mass is 10.0. The van der Waals surface area contributed by atoms with Crippen molar-refractivity contribution in [1.82, 2.24) is 0 Å². The third kappa shape index (κ3) is 2.26. The minimum atomic E-state index is -0.670. The maximum Gasteiger partial charge on any atom is 0.338 e. The summed E-state index contributed by atoms with van der Waals surface area (Å²) >= 11 is 12.3. The first-order chi connectivity index (χ1) is 8.15.